The van der Waals surface area contributed by atoms with Gasteiger partial charge in [-0.3, -0.25) is 14.6 Å². The molecule has 0 radical (unpaired) electrons. The van der Waals surface area contributed by atoms with Crippen molar-refractivity contribution in [2.45, 2.75) is 63.4 Å². The molecule has 0 N–H and O–H groups in total. The average Bonchev–Trinajstić information content (AvgIpc) is 3.54. The highest BCUT2D eigenvalue weighted by Gasteiger charge is 2.46. The lowest BCUT2D eigenvalue weighted by Crippen LogP contribution is -2.56. The van der Waals surface area contributed by atoms with Gasteiger partial charge in [0, 0.05) is 30.9 Å². The van der Waals surface area contributed by atoms with Gasteiger partial charge in [0.2, 0.25) is 0 Å². The maximum absolute atomic E-state index is 13.9. The summed E-state index contributed by atoms with van der Waals surface area (Å²) in [6.07, 6.45) is 6.82. The molecule has 1 saturated carbocycles. The number of alkyl halides is 2. The monoisotopic (exact) mass is 472 g/mol. The minimum absolute atomic E-state index is 0.0524. The van der Waals surface area contributed by atoms with Crippen molar-refractivity contribution in [3.05, 3.63) is 66.0 Å². The third-order valence-electron chi connectivity index (χ3n) is 6.80. The van der Waals surface area contributed by atoms with Crippen molar-refractivity contribution in [3.8, 4) is 11.5 Å². The molecule has 1 saturated heterocycles. The fourth-order valence-corrected chi connectivity index (χ4v) is 5.02. The van der Waals surface area contributed by atoms with Crippen LogP contribution in [0.3, 0.4) is 0 Å². The van der Waals surface area contributed by atoms with Crippen LogP contribution in [0.2, 0.25) is 0 Å². The molecule has 180 valence electrons. The van der Waals surface area contributed by atoms with Gasteiger partial charge in [-0.15, -0.1) is 0 Å². The Balaban J connectivity index is 1.31. The van der Waals surface area contributed by atoms with Gasteiger partial charge in [0.15, 0.2) is 11.5 Å². The number of likely N-dealkylation sites (tertiary alicyclic amines) is 1. The molecule has 2 fully saturated rings. The number of hydrogen-bond acceptors (Lipinski definition) is 4. The van der Waals surface area contributed by atoms with E-state index in [2.05, 4.69) is 16.6 Å². The average molecular weight is 473 g/mol. The van der Waals surface area contributed by atoms with Crippen molar-refractivity contribution in [2.24, 2.45) is 0 Å². The molecule has 5 rings (SSSR count). The van der Waals surface area contributed by atoms with Gasteiger partial charge in [0.25, 0.3) is 5.91 Å². The van der Waals surface area contributed by atoms with E-state index in [1.165, 1.54) is 12.1 Å². The number of ether oxygens (including phenoxy) is 2. The van der Waals surface area contributed by atoms with Crippen molar-refractivity contribution in [1.29, 1.82) is 0 Å². The molecular weight excluding hydrogens is 445 g/mol. The molecule has 1 aliphatic carbocycles. The maximum atomic E-state index is 13.9. The first-order chi connectivity index (χ1) is 16.3. The number of piperidine rings is 1. The second kappa shape index (κ2) is 8.98. The number of benzene rings is 2. The molecule has 3 aliphatic rings. The first kappa shape index (κ1) is 22.8. The number of hydrogen-bond donors (Lipinski definition) is 0. The Hall–Kier alpha value is -3.00. The summed E-state index contributed by atoms with van der Waals surface area (Å²) in [5.74, 6) is -0.108. The second-order valence-electron chi connectivity index (χ2n) is 9.34. The third-order valence-corrected chi connectivity index (χ3v) is 6.80. The molecule has 0 aromatic heterocycles. The lowest BCUT2D eigenvalue weighted by molar-refractivity contribution is -0.114. The lowest BCUT2D eigenvalue weighted by Gasteiger charge is -2.47. The third kappa shape index (κ3) is 4.64. The fourth-order valence-electron chi connectivity index (χ4n) is 5.02. The first-order valence-electron chi connectivity index (χ1n) is 11.6. The zero-order valence-electron chi connectivity index (χ0n) is 18.9. The number of nitrogens with zero attached hydrogens (tertiary/aromatic N) is 2. The molecule has 2 atom stereocenters. The van der Waals surface area contributed by atoms with Gasteiger partial charge in [-0.1, -0.05) is 18.2 Å². The van der Waals surface area contributed by atoms with Crippen molar-refractivity contribution < 1.29 is 27.4 Å². The Kier molecular flexibility index (Phi) is 6.02. The van der Waals surface area contributed by atoms with E-state index < -0.39 is 12.2 Å². The Morgan fingerprint density at radius 1 is 1.15 bits per heavy atom. The highest BCUT2D eigenvalue weighted by Crippen LogP contribution is 2.41. The van der Waals surface area contributed by atoms with E-state index in [-0.39, 0.29) is 29.6 Å². The Morgan fingerprint density at radius 2 is 1.97 bits per heavy atom. The van der Waals surface area contributed by atoms with Crippen LogP contribution in [0.5, 0.6) is 11.5 Å². The van der Waals surface area contributed by atoms with E-state index in [1.54, 1.807) is 41.3 Å². The van der Waals surface area contributed by atoms with Gasteiger partial charge in [0.1, 0.15) is 5.82 Å². The molecule has 5 nitrogen and oxygen atoms in total. The molecule has 2 aromatic carbocycles. The SMILES string of the molecule is CC1CC2(C=CC(=O)N2c2cccc(F)c2)CCN1Cc1ccc(OC(F)F)c(OC2CC2)c1. The van der Waals surface area contributed by atoms with Crippen LogP contribution < -0.4 is 14.4 Å². The molecule has 8 heteroatoms. The van der Waals surface area contributed by atoms with Crippen molar-refractivity contribution in [3.63, 3.8) is 0 Å². The molecule has 2 unspecified atom stereocenters. The Labute approximate surface area is 196 Å². The summed E-state index contributed by atoms with van der Waals surface area (Å²) in [6, 6.07) is 11.4. The van der Waals surface area contributed by atoms with Gasteiger partial charge in [-0.25, -0.2) is 4.39 Å². The second-order valence-corrected chi connectivity index (χ2v) is 9.34. The zero-order valence-corrected chi connectivity index (χ0v) is 18.9. The molecule has 2 aliphatic heterocycles. The van der Waals surface area contributed by atoms with Gasteiger partial charge in [-0.2, -0.15) is 8.78 Å². The number of amides is 1. The highest BCUT2D eigenvalue weighted by molar-refractivity contribution is 6.06. The summed E-state index contributed by atoms with van der Waals surface area (Å²) in [5.41, 5.74) is 1.02. The first-order valence-corrected chi connectivity index (χ1v) is 11.6. The van der Waals surface area contributed by atoms with Crippen molar-refractivity contribution >= 4 is 11.6 Å². The standard InChI is InChI=1S/C26H27F3N2O3/c1-17-15-26(10-9-24(32)31(26)20-4-2-3-19(27)14-20)11-12-30(17)16-18-5-8-22(34-25(28)29)23(13-18)33-21-6-7-21/h2-5,8-10,13-14,17,21,25H,6-7,11-12,15-16H2,1H3. The minimum Gasteiger partial charge on any atom is -0.487 e. The quantitative estimate of drug-likeness (QED) is 0.549. The molecule has 2 heterocycles. The van der Waals surface area contributed by atoms with E-state index in [0.717, 1.165) is 24.9 Å². The summed E-state index contributed by atoms with van der Waals surface area (Å²) in [6.45, 7) is 0.537. The van der Waals surface area contributed by atoms with Crippen LogP contribution in [0, 0.1) is 5.82 Å². The lowest BCUT2D eigenvalue weighted by atomic mass is 9.82. The Bertz CT molecular complexity index is 1100. The smallest absolute Gasteiger partial charge is 0.387 e. The maximum Gasteiger partial charge on any atom is 0.387 e. The normalized spacial score (nSPS) is 24.9. The van der Waals surface area contributed by atoms with Crippen LogP contribution in [0.4, 0.5) is 18.9 Å². The molecule has 1 spiro atoms. The van der Waals surface area contributed by atoms with Crippen LogP contribution in [0.1, 0.15) is 38.2 Å². The molecule has 2 aromatic rings. The van der Waals surface area contributed by atoms with Crippen molar-refractivity contribution in [1.82, 2.24) is 4.90 Å². The molecule has 1 amide bonds. The van der Waals surface area contributed by atoms with Gasteiger partial charge in [0.05, 0.1) is 11.6 Å². The van der Waals surface area contributed by atoms with E-state index in [4.69, 9.17) is 4.74 Å². The van der Waals surface area contributed by atoms with E-state index in [0.29, 0.717) is 30.8 Å². The van der Waals surface area contributed by atoms with Crippen LogP contribution in [0.25, 0.3) is 0 Å². The molecule has 0 bridgehead atoms. The van der Waals surface area contributed by atoms with E-state index in [9.17, 15) is 18.0 Å². The number of rotatable bonds is 7. The summed E-state index contributed by atoms with van der Waals surface area (Å²) < 4.78 is 49.9. The minimum atomic E-state index is -2.91. The predicted octanol–water partition coefficient (Wildman–Crippen LogP) is 5.29. The summed E-state index contributed by atoms with van der Waals surface area (Å²) in [7, 11) is 0. The van der Waals surface area contributed by atoms with Gasteiger partial charge >= 0.3 is 6.61 Å². The van der Waals surface area contributed by atoms with Crippen LogP contribution in [0.15, 0.2) is 54.6 Å². The summed E-state index contributed by atoms with van der Waals surface area (Å²) >= 11 is 0. The fraction of sp³-hybridized carbons (Fsp3) is 0.423. The number of carbonyl (C=O) groups is 1. The zero-order chi connectivity index (χ0) is 23.9. The summed E-state index contributed by atoms with van der Waals surface area (Å²) in [5, 5.41) is 0. The highest BCUT2D eigenvalue weighted by atomic mass is 19.3. The Morgan fingerprint density at radius 3 is 2.68 bits per heavy atom. The van der Waals surface area contributed by atoms with Gasteiger partial charge in [-0.05, 0) is 68.5 Å². The largest absolute Gasteiger partial charge is 0.487 e. The number of carbonyl (C=O) groups excluding carboxylic acids is 1. The number of halogens is 3. The van der Waals surface area contributed by atoms with Gasteiger partial charge < -0.3 is 9.47 Å². The van der Waals surface area contributed by atoms with Crippen molar-refractivity contribution in [2.75, 3.05) is 11.4 Å². The topological polar surface area (TPSA) is 42.0 Å². The van der Waals surface area contributed by atoms with Crippen LogP contribution >= 0.6 is 0 Å². The predicted molar refractivity (Wildman–Crippen MR) is 122 cm³/mol. The van der Waals surface area contributed by atoms with E-state index in [1.807, 2.05) is 6.08 Å². The van der Waals surface area contributed by atoms with Crippen LogP contribution in [-0.4, -0.2) is 41.6 Å². The number of anilines is 1. The van der Waals surface area contributed by atoms with Crippen LogP contribution in [-0.2, 0) is 11.3 Å². The summed E-state index contributed by atoms with van der Waals surface area (Å²) in [4.78, 5) is 16.7. The molecule has 34 heavy (non-hydrogen) atoms. The molecular formula is C26H27F3N2O3. The van der Waals surface area contributed by atoms with E-state index >= 15 is 0 Å².